The molecule has 2 aliphatic heterocycles. The standard InChI is InChI=1S/C26H39N5O4/c1-3-34-24-18-22(6-7-23(24)35-17-14-30-12-15-33-16-13-30)19-29(2)20-26(32)8-4-11-31(21-26)25-27-9-5-10-28-25/h5-7,9-10,18,32H,3-4,8,11-17,19-21H2,1-2H3/t26-/m1/s1. The number of piperidine rings is 1. The molecule has 2 fully saturated rings. The number of likely N-dealkylation sites (N-methyl/N-ethyl adjacent to an activating group) is 1. The molecule has 2 saturated heterocycles. The molecule has 0 aliphatic carbocycles. The molecule has 0 radical (unpaired) electrons. The number of benzene rings is 1. The highest BCUT2D eigenvalue weighted by Crippen LogP contribution is 2.30. The molecule has 1 aromatic carbocycles. The molecule has 0 bridgehead atoms. The highest BCUT2D eigenvalue weighted by atomic mass is 16.5. The van der Waals surface area contributed by atoms with Crippen molar-refractivity contribution in [1.29, 1.82) is 0 Å². The third-order valence-electron chi connectivity index (χ3n) is 6.48. The van der Waals surface area contributed by atoms with Crippen LogP contribution in [0.2, 0.25) is 0 Å². The fourth-order valence-corrected chi connectivity index (χ4v) is 4.88. The summed E-state index contributed by atoms with van der Waals surface area (Å²) in [6.45, 7) is 10.2. The van der Waals surface area contributed by atoms with E-state index >= 15 is 0 Å². The van der Waals surface area contributed by atoms with Gasteiger partial charge in [-0.2, -0.15) is 0 Å². The summed E-state index contributed by atoms with van der Waals surface area (Å²) in [5, 5.41) is 11.3. The van der Waals surface area contributed by atoms with Crippen LogP contribution in [0.25, 0.3) is 0 Å². The van der Waals surface area contributed by atoms with Crippen molar-refractivity contribution >= 4 is 5.95 Å². The van der Waals surface area contributed by atoms with Crippen LogP contribution in [-0.4, -0.2) is 103 Å². The average molecular weight is 486 g/mol. The maximum atomic E-state index is 11.3. The van der Waals surface area contributed by atoms with Crippen LogP contribution in [-0.2, 0) is 11.3 Å². The molecular weight excluding hydrogens is 446 g/mol. The number of aromatic nitrogens is 2. The van der Waals surface area contributed by atoms with Crippen LogP contribution in [0.15, 0.2) is 36.7 Å². The van der Waals surface area contributed by atoms with E-state index in [1.165, 1.54) is 0 Å². The first-order valence-corrected chi connectivity index (χ1v) is 12.7. The van der Waals surface area contributed by atoms with Crippen molar-refractivity contribution in [2.45, 2.75) is 31.9 Å². The van der Waals surface area contributed by atoms with Crippen molar-refractivity contribution < 1.29 is 19.3 Å². The summed E-state index contributed by atoms with van der Waals surface area (Å²) in [5.74, 6) is 2.22. The minimum atomic E-state index is -0.808. The quantitative estimate of drug-likeness (QED) is 0.514. The number of anilines is 1. The molecule has 0 spiro atoms. The van der Waals surface area contributed by atoms with Crippen molar-refractivity contribution in [3.8, 4) is 11.5 Å². The van der Waals surface area contributed by atoms with Gasteiger partial charge in [-0.25, -0.2) is 9.97 Å². The lowest BCUT2D eigenvalue weighted by atomic mass is 9.92. The molecule has 1 atom stereocenters. The Bertz CT molecular complexity index is 912. The maximum Gasteiger partial charge on any atom is 0.225 e. The normalized spacial score (nSPS) is 21.3. The minimum Gasteiger partial charge on any atom is -0.490 e. The maximum absolute atomic E-state index is 11.3. The second-order valence-corrected chi connectivity index (χ2v) is 9.49. The third kappa shape index (κ3) is 7.51. The Morgan fingerprint density at radius 1 is 1.11 bits per heavy atom. The smallest absolute Gasteiger partial charge is 0.225 e. The largest absolute Gasteiger partial charge is 0.490 e. The molecular formula is C26H39N5O4. The van der Waals surface area contributed by atoms with E-state index in [1.807, 2.05) is 26.1 Å². The molecule has 1 N–H and O–H groups in total. The Kier molecular flexibility index (Phi) is 9.14. The predicted octanol–water partition coefficient (Wildman–Crippen LogP) is 2.05. The Morgan fingerprint density at radius 3 is 2.69 bits per heavy atom. The topological polar surface area (TPSA) is 83.4 Å². The van der Waals surface area contributed by atoms with E-state index in [9.17, 15) is 5.11 Å². The van der Waals surface area contributed by atoms with Gasteiger partial charge in [0, 0.05) is 51.7 Å². The van der Waals surface area contributed by atoms with Gasteiger partial charge in [-0.3, -0.25) is 9.80 Å². The van der Waals surface area contributed by atoms with Crippen LogP contribution in [0, 0.1) is 0 Å². The molecule has 0 saturated carbocycles. The van der Waals surface area contributed by atoms with Crippen LogP contribution in [0.3, 0.4) is 0 Å². The Balaban J connectivity index is 1.32. The Hall–Kier alpha value is -2.46. The number of hydrogen-bond donors (Lipinski definition) is 1. The fraction of sp³-hybridized carbons (Fsp3) is 0.615. The zero-order chi connectivity index (χ0) is 24.5. The highest BCUT2D eigenvalue weighted by molar-refractivity contribution is 5.43. The van der Waals surface area contributed by atoms with Crippen molar-refractivity contribution in [2.24, 2.45) is 0 Å². The molecule has 3 heterocycles. The van der Waals surface area contributed by atoms with Crippen LogP contribution in [0.4, 0.5) is 5.95 Å². The molecule has 0 amide bonds. The van der Waals surface area contributed by atoms with Crippen molar-refractivity contribution in [2.75, 3.05) is 77.6 Å². The van der Waals surface area contributed by atoms with Gasteiger partial charge >= 0.3 is 0 Å². The summed E-state index contributed by atoms with van der Waals surface area (Å²) in [5.41, 5.74) is 0.316. The van der Waals surface area contributed by atoms with E-state index in [0.29, 0.717) is 38.8 Å². The highest BCUT2D eigenvalue weighted by Gasteiger charge is 2.35. The van der Waals surface area contributed by atoms with Gasteiger partial charge in [0.2, 0.25) is 5.95 Å². The number of morpholine rings is 1. The van der Waals surface area contributed by atoms with Gasteiger partial charge in [-0.15, -0.1) is 0 Å². The summed E-state index contributed by atoms with van der Waals surface area (Å²) < 4.78 is 17.4. The van der Waals surface area contributed by atoms with Crippen LogP contribution < -0.4 is 14.4 Å². The lowest BCUT2D eigenvalue weighted by Crippen LogP contribution is -2.54. The third-order valence-corrected chi connectivity index (χ3v) is 6.48. The van der Waals surface area contributed by atoms with Crippen LogP contribution in [0.1, 0.15) is 25.3 Å². The first-order chi connectivity index (χ1) is 17.0. The molecule has 4 rings (SSSR count). The number of nitrogens with zero attached hydrogens (tertiary/aromatic N) is 5. The minimum absolute atomic E-state index is 0.529. The number of ether oxygens (including phenoxy) is 3. The predicted molar refractivity (Wildman–Crippen MR) is 135 cm³/mol. The van der Waals surface area contributed by atoms with Gasteiger partial charge in [0.15, 0.2) is 11.5 Å². The molecule has 192 valence electrons. The summed E-state index contributed by atoms with van der Waals surface area (Å²) in [6, 6.07) is 7.94. The van der Waals surface area contributed by atoms with Gasteiger partial charge in [0.1, 0.15) is 6.61 Å². The zero-order valence-electron chi connectivity index (χ0n) is 21.1. The number of hydrogen-bond acceptors (Lipinski definition) is 9. The SMILES string of the molecule is CCOc1cc(CN(C)C[C@]2(O)CCCN(c3ncccn3)C2)ccc1OCCN1CCOCC1. The van der Waals surface area contributed by atoms with Crippen LogP contribution in [0.5, 0.6) is 11.5 Å². The Labute approximate surface area is 208 Å². The van der Waals surface area contributed by atoms with Crippen molar-refractivity contribution in [3.05, 3.63) is 42.2 Å². The van der Waals surface area contributed by atoms with Crippen molar-refractivity contribution in [1.82, 2.24) is 19.8 Å². The Morgan fingerprint density at radius 2 is 1.91 bits per heavy atom. The second-order valence-electron chi connectivity index (χ2n) is 9.49. The first kappa shape index (κ1) is 25.6. The zero-order valence-corrected chi connectivity index (χ0v) is 21.1. The molecule has 2 aliphatic rings. The molecule has 9 nitrogen and oxygen atoms in total. The van der Waals surface area contributed by atoms with Gasteiger partial charge in [-0.05, 0) is 50.6 Å². The first-order valence-electron chi connectivity index (χ1n) is 12.7. The van der Waals surface area contributed by atoms with Gasteiger partial charge in [0.05, 0.1) is 32.0 Å². The lowest BCUT2D eigenvalue weighted by molar-refractivity contribution is -0.00367. The number of rotatable bonds is 11. The number of aliphatic hydroxyl groups is 1. The van der Waals surface area contributed by atoms with E-state index in [4.69, 9.17) is 14.2 Å². The van der Waals surface area contributed by atoms with E-state index in [-0.39, 0.29) is 0 Å². The lowest BCUT2D eigenvalue weighted by Gasteiger charge is -2.41. The van der Waals surface area contributed by atoms with Gasteiger partial charge in [-0.1, -0.05) is 6.07 Å². The summed E-state index contributed by atoms with van der Waals surface area (Å²) in [7, 11) is 2.04. The van der Waals surface area contributed by atoms with E-state index in [0.717, 1.165) is 69.3 Å². The van der Waals surface area contributed by atoms with E-state index < -0.39 is 5.60 Å². The summed E-state index contributed by atoms with van der Waals surface area (Å²) >= 11 is 0. The van der Waals surface area contributed by atoms with Crippen molar-refractivity contribution in [3.63, 3.8) is 0 Å². The second kappa shape index (κ2) is 12.5. The van der Waals surface area contributed by atoms with Gasteiger partial charge in [0.25, 0.3) is 0 Å². The molecule has 35 heavy (non-hydrogen) atoms. The van der Waals surface area contributed by atoms with E-state index in [1.54, 1.807) is 12.4 Å². The molecule has 2 aromatic rings. The van der Waals surface area contributed by atoms with Gasteiger partial charge < -0.3 is 24.2 Å². The monoisotopic (exact) mass is 485 g/mol. The molecule has 1 aromatic heterocycles. The van der Waals surface area contributed by atoms with Crippen LogP contribution >= 0.6 is 0 Å². The summed E-state index contributed by atoms with van der Waals surface area (Å²) in [6.07, 6.45) is 5.16. The number of β-amino-alcohol motifs (C(OH)–C–C–N with tert-alkyl or cyclic N) is 1. The van der Waals surface area contributed by atoms with E-state index in [2.05, 4.69) is 36.8 Å². The fourth-order valence-electron chi connectivity index (χ4n) is 4.88. The summed E-state index contributed by atoms with van der Waals surface area (Å²) in [4.78, 5) is 15.3. The molecule has 0 unspecified atom stereocenters. The average Bonchev–Trinajstić information content (AvgIpc) is 2.86. The molecule has 9 heteroatoms.